The third-order valence-electron chi connectivity index (χ3n) is 4.18. The highest BCUT2D eigenvalue weighted by atomic mass is 35.5. The van der Waals surface area contributed by atoms with E-state index in [1.54, 1.807) is 0 Å². The second-order valence-corrected chi connectivity index (χ2v) is 5.67. The molecule has 1 aromatic rings. The highest BCUT2D eigenvalue weighted by molar-refractivity contribution is 6.31. The van der Waals surface area contributed by atoms with Crippen molar-refractivity contribution in [1.82, 2.24) is 4.90 Å². The highest BCUT2D eigenvalue weighted by Crippen LogP contribution is 2.35. The quantitative estimate of drug-likeness (QED) is 0.869. The van der Waals surface area contributed by atoms with Gasteiger partial charge in [-0.05, 0) is 50.0 Å². The minimum absolute atomic E-state index is 0.246. The van der Waals surface area contributed by atoms with Crippen molar-refractivity contribution in [3.63, 3.8) is 0 Å². The highest BCUT2D eigenvalue weighted by Gasteiger charge is 2.27. The van der Waals surface area contributed by atoms with Gasteiger partial charge in [0.25, 0.3) is 0 Å². The van der Waals surface area contributed by atoms with E-state index in [4.69, 9.17) is 22.4 Å². The number of benzene rings is 1. The van der Waals surface area contributed by atoms with E-state index < -0.39 is 0 Å². The molecule has 19 heavy (non-hydrogen) atoms. The standard InChI is InChI=1S/C15H23ClN2O/c16-15-4-2-1-3-13(15)14(11-17)12-5-7-18(8-6-12)9-10-19/h1-4,12,14,19H,5-11,17H2. The van der Waals surface area contributed by atoms with Gasteiger partial charge in [-0.1, -0.05) is 29.8 Å². The van der Waals surface area contributed by atoms with Gasteiger partial charge in [0.1, 0.15) is 0 Å². The van der Waals surface area contributed by atoms with E-state index in [9.17, 15) is 0 Å². The predicted molar refractivity (Wildman–Crippen MR) is 79.5 cm³/mol. The SMILES string of the molecule is NCC(c1ccccc1Cl)C1CCN(CCO)CC1. The summed E-state index contributed by atoms with van der Waals surface area (Å²) in [6.07, 6.45) is 2.26. The lowest BCUT2D eigenvalue weighted by atomic mass is 9.80. The van der Waals surface area contributed by atoms with Crippen LogP contribution in [-0.4, -0.2) is 42.8 Å². The Morgan fingerprint density at radius 2 is 2.00 bits per heavy atom. The third kappa shape index (κ3) is 3.69. The molecule has 2 rings (SSSR count). The first-order valence-electron chi connectivity index (χ1n) is 7.04. The summed E-state index contributed by atoms with van der Waals surface area (Å²) in [4.78, 5) is 2.32. The van der Waals surface area contributed by atoms with Crippen molar-refractivity contribution in [2.45, 2.75) is 18.8 Å². The summed E-state index contributed by atoms with van der Waals surface area (Å²) in [6, 6.07) is 8.04. The first-order valence-corrected chi connectivity index (χ1v) is 7.41. The van der Waals surface area contributed by atoms with E-state index in [0.29, 0.717) is 18.4 Å². The Labute approximate surface area is 120 Å². The van der Waals surface area contributed by atoms with E-state index in [1.807, 2.05) is 18.2 Å². The van der Waals surface area contributed by atoms with E-state index in [2.05, 4.69) is 11.0 Å². The molecule has 0 saturated carbocycles. The van der Waals surface area contributed by atoms with Gasteiger partial charge in [-0.3, -0.25) is 0 Å². The zero-order chi connectivity index (χ0) is 13.7. The van der Waals surface area contributed by atoms with Gasteiger partial charge in [0.05, 0.1) is 6.61 Å². The number of rotatable bonds is 5. The second-order valence-electron chi connectivity index (χ2n) is 5.27. The van der Waals surface area contributed by atoms with Crippen molar-refractivity contribution >= 4 is 11.6 Å². The van der Waals surface area contributed by atoms with Crippen LogP contribution in [-0.2, 0) is 0 Å². The van der Waals surface area contributed by atoms with Crippen LogP contribution in [0.2, 0.25) is 5.02 Å². The zero-order valence-corrected chi connectivity index (χ0v) is 12.0. The molecule has 0 radical (unpaired) electrons. The van der Waals surface area contributed by atoms with Gasteiger partial charge < -0.3 is 15.7 Å². The molecule has 3 nitrogen and oxygen atoms in total. The molecule has 1 atom stereocenters. The molecule has 1 fully saturated rings. The van der Waals surface area contributed by atoms with Gasteiger partial charge in [-0.25, -0.2) is 0 Å². The van der Waals surface area contributed by atoms with Crippen LogP contribution in [0, 0.1) is 5.92 Å². The van der Waals surface area contributed by atoms with Crippen molar-refractivity contribution in [3.05, 3.63) is 34.9 Å². The van der Waals surface area contributed by atoms with Crippen LogP contribution in [0.15, 0.2) is 24.3 Å². The molecule has 1 saturated heterocycles. The summed E-state index contributed by atoms with van der Waals surface area (Å²) < 4.78 is 0. The molecule has 3 N–H and O–H groups in total. The molecule has 1 unspecified atom stereocenters. The summed E-state index contributed by atoms with van der Waals surface area (Å²) in [5.74, 6) is 0.949. The van der Waals surface area contributed by atoms with Crippen LogP contribution in [0.25, 0.3) is 0 Å². The van der Waals surface area contributed by atoms with Crippen molar-refractivity contribution in [2.24, 2.45) is 11.7 Å². The monoisotopic (exact) mass is 282 g/mol. The number of hydrogen-bond donors (Lipinski definition) is 2. The lowest BCUT2D eigenvalue weighted by molar-refractivity contribution is 0.138. The number of nitrogens with zero attached hydrogens (tertiary/aromatic N) is 1. The Kier molecular flexibility index (Phi) is 5.64. The number of aliphatic hydroxyl groups excluding tert-OH is 1. The fourth-order valence-electron chi connectivity index (χ4n) is 3.07. The summed E-state index contributed by atoms with van der Waals surface area (Å²) in [5.41, 5.74) is 7.17. The normalized spacial score (nSPS) is 19.5. The first kappa shape index (κ1) is 14.8. The third-order valence-corrected chi connectivity index (χ3v) is 4.52. The van der Waals surface area contributed by atoms with Crippen molar-refractivity contribution < 1.29 is 5.11 Å². The Balaban J connectivity index is 2.02. The minimum Gasteiger partial charge on any atom is -0.395 e. The van der Waals surface area contributed by atoms with Gasteiger partial charge in [-0.2, -0.15) is 0 Å². The van der Waals surface area contributed by atoms with Gasteiger partial charge in [0.15, 0.2) is 0 Å². The van der Waals surface area contributed by atoms with Crippen molar-refractivity contribution in [3.8, 4) is 0 Å². The summed E-state index contributed by atoms with van der Waals surface area (Å²) >= 11 is 6.30. The summed E-state index contributed by atoms with van der Waals surface area (Å²) in [5, 5.41) is 9.80. The number of halogens is 1. The lowest BCUT2D eigenvalue weighted by Gasteiger charge is -2.36. The van der Waals surface area contributed by atoms with Gasteiger partial charge in [0, 0.05) is 17.5 Å². The van der Waals surface area contributed by atoms with Crippen LogP contribution in [0.5, 0.6) is 0 Å². The molecule has 0 aromatic heterocycles. The maximum atomic E-state index is 8.98. The fourth-order valence-corrected chi connectivity index (χ4v) is 3.35. The Hall–Kier alpha value is -0.610. The van der Waals surface area contributed by atoms with Crippen LogP contribution in [0.4, 0.5) is 0 Å². The second kappa shape index (κ2) is 7.25. The molecule has 1 aliphatic rings. The first-order chi connectivity index (χ1) is 9.26. The number of likely N-dealkylation sites (tertiary alicyclic amines) is 1. The molecule has 0 spiro atoms. The molecule has 1 aliphatic heterocycles. The molecule has 4 heteroatoms. The average Bonchev–Trinajstić information content (AvgIpc) is 2.44. The molecular weight excluding hydrogens is 260 g/mol. The summed E-state index contributed by atoms with van der Waals surface area (Å²) in [6.45, 7) is 3.77. The Morgan fingerprint density at radius 1 is 1.32 bits per heavy atom. The van der Waals surface area contributed by atoms with Crippen molar-refractivity contribution in [2.75, 3.05) is 32.8 Å². The van der Waals surface area contributed by atoms with Gasteiger partial charge in [-0.15, -0.1) is 0 Å². The maximum Gasteiger partial charge on any atom is 0.0558 e. The number of piperidine rings is 1. The zero-order valence-electron chi connectivity index (χ0n) is 11.3. The molecular formula is C15H23ClN2O. The molecule has 0 aliphatic carbocycles. The molecule has 1 heterocycles. The van der Waals surface area contributed by atoms with Crippen LogP contribution < -0.4 is 5.73 Å². The van der Waals surface area contributed by atoms with Gasteiger partial charge in [0.2, 0.25) is 0 Å². The number of hydrogen-bond acceptors (Lipinski definition) is 3. The van der Waals surface area contributed by atoms with Gasteiger partial charge >= 0.3 is 0 Å². The van der Waals surface area contributed by atoms with Crippen LogP contribution in [0.1, 0.15) is 24.3 Å². The number of nitrogens with two attached hydrogens (primary N) is 1. The smallest absolute Gasteiger partial charge is 0.0558 e. The van der Waals surface area contributed by atoms with E-state index >= 15 is 0 Å². The van der Waals surface area contributed by atoms with E-state index in [-0.39, 0.29) is 6.61 Å². The minimum atomic E-state index is 0.246. The number of β-amino-alcohol motifs (C(OH)–C–C–N with tert-alkyl or cyclic N) is 1. The molecule has 0 bridgehead atoms. The predicted octanol–water partition coefficient (Wildman–Crippen LogP) is 2.09. The molecule has 0 amide bonds. The van der Waals surface area contributed by atoms with Crippen LogP contribution in [0.3, 0.4) is 0 Å². The van der Waals surface area contributed by atoms with Crippen LogP contribution >= 0.6 is 11.6 Å². The topological polar surface area (TPSA) is 49.5 Å². The lowest BCUT2D eigenvalue weighted by Crippen LogP contribution is -2.38. The average molecular weight is 283 g/mol. The largest absolute Gasteiger partial charge is 0.395 e. The maximum absolute atomic E-state index is 8.98. The van der Waals surface area contributed by atoms with Crippen molar-refractivity contribution in [1.29, 1.82) is 0 Å². The molecule has 1 aromatic carbocycles. The Morgan fingerprint density at radius 3 is 2.58 bits per heavy atom. The van der Waals surface area contributed by atoms with E-state index in [1.165, 1.54) is 5.56 Å². The fraction of sp³-hybridized carbons (Fsp3) is 0.600. The molecule has 106 valence electrons. The van der Waals surface area contributed by atoms with E-state index in [0.717, 1.165) is 37.5 Å². The Bertz CT molecular complexity index is 391. The summed E-state index contributed by atoms with van der Waals surface area (Å²) in [7, 11) is 0. The number of aliphatic hydroxyl groups is 1.